The molecule has 0 bridgehead atoms. The third-order valence-electron chi connectivity index (χ3n) is 2.32. The van der Waals surface area contributed by atoms with Gasteiger partial charge >= 0.3 is 0 Å². The van der Waals surface area contributed by atoms with Crippen molar-refractivity contribution in [2.75, 3.05) is 0 Å². The maximum Gasteiger partial charge on any atom is 0.159 e. The van der Waals surface area contributed by atoms with Gasteiger partial charge in [-0.2, -0.15) is 0 Å². The highest BCUT2D eigenvalue weighted by Crippen LogP contribution is 2.28. The number of hydrogen-bond donors (Lipinski definition) is 0. The maximum absolute atomic E-state index is 11.2. The Labute approximate surface area is 68.5 Å². The highest BCUT2D eigenvalue weighted by molar-refractivity contribution is 5.98. The zero-order chi connectivity index (χ0) is 8.27. The summed E-state index contributed by atoms with van der Waals surface area (Å²) >= 11 is 0. The minimum Gasteiger partial charge on any atom is -0.295 e. The van der Waals surface area contributed by atoms with E-state index in [1.807, 2.05) is 0 Å². The van der Waals surface area contributed by atoms with Crippen molar-refractivity contribution in [3.05, 3.63) is 11.1 Å². The Morgan fingerprint density at radius 3 is 2.55 bits per heavy atom. The van der Waals surface area contributed by atoms with Crippen molar-refractivity contribution in [2.24, 2.45) is 0 Å². The van der Waals surface area contributed by atoms with E-state index in [0.29, 0.717) is 5.78 Å². The van der Waals surface area contributed by atoms with Crippen molar-refractivity contribution in [1.29, 1.82) is 0 Å². The van der Waals surface area contributed by atoms with Crippen LogP contribution in [-0.2, 0) is 4.79 Å². The number of ketones is 1. The quantitative estimate of drug-likeness (QED) is 0.607. The van der Waals surface area contributed by atoms with Crippen molar-refractivity contribution in [2.45, 2.75) is 46.0 Å². The van der Waals surface area contributed by atoms with Crippen LogP contribution in [0.25, 0.3) is 0 Å². The molecule has 0 atom stereocenters. The molecule has 1 heteroatoms. The molecule has 0 aromatic rings. The number of carbonyl (C=O) groups is 1. The summed E-state index contributed by atoms with van der Waals surface area (Å²) < 4.78 is 0. The molecule has 0 radical (unpaired) electrons. The lowest BCUT2D eigenvalue weighted by atomic mass is 10.0. The zero-order valence-corrected chi connectivity index (χ0v) is 7.44. The van der Waals surface area contributed by atoms with E-state index in [0.717, 1.165) is 31.3 Å². The predicted molar refractivity (Wildman–Crippen MR) is 46.5 cm³/mol. The summed E-state index contributed by atoms with van der Waals surface area (Å²) in [7, 11) is 0. The monoisotopic (exact) mass is 152 g/mol. The highest BCUT2D eigenvalue weighted by Gasteiger charge is 2.19. The second-order valence-electron chi connectivity index (χ2n) is 3.11. The first-order chi connectivity index (χ1) is 5.29. The van der Waals surface area contributed by atoms with Crippen LogP contribution in [0, 0.1) is 0 Å². The summed E-state index contributed by atoms with van der Waals surface area (Å²) in [5.74, 6) is 0.399. The van der Waals surface area contributed by atoms with Gasteiger partial charge in [-0.1, -0.05) is 25.8 Å². The third-order valence-corrected chi connectivity index (χ3v) is 2.32. The van der Waals surface area contributed by atoms with E-state index in [4.69, 9.17) is 0 Å². The molecule has 0 heterocycles. The van der Waals surface area contributed by atoms with Gasteiger partial charge in [-0.3, -0.25) is 4.79 Å². The van der Waals surface area contributed by atoms with Crippen molar-refractivity contribution in [1.82, 2.24) is 0 Å². The fourth-order valence-electron chi connectivity index (χ4n) is 1.79. The van der Waals surface area contributed by atoms with Gasteiger partial charge < -0.3 is 0 Å². The van der Waals surface area contributed by atoms with E-state index in [2.05, 4.69) is 13.8 Å². The molecule has 0 aromatic carbocycles. The molecule has 0 unspecified atom stereocenters. The second kappa shape index (κ2) is 3.70. The summed E-state index contributed by atoms with van der Waals surface area (Å²) in [6, 6.07) is 0. The van der Waals surface area contributed by atoms with Crippen molar-refractivity contribution in [3.63, 3.8) is 0 Å². The largest absolute Gasteiger partial charge is 0.295 e. The van der Waals surface area contributed by atoms with Crippen LogP contribution in [0.3, 0.4) is 0 Å². The molecule has 0 N–H and O–H groups in total. The first-order valence-electron chi connectivity index (χ1n) is 4.53. The number of carbonyl (C=O) groups excluding carboxylic acids is 1. The molecular formula is C10H16O. The molecule has 1 nitrogen and oxygen atoms in total. The van der Waals surface area contributed by atoms with Crippen molar-refractivity contribution < 1.29 is 4.79 Å². The Balaban J connectivity index is 2.71. The van der Waals surface area contributed by atoms with E-state index in [-0.39, 0.29) is 0 Å². The molecule has 0 saturated heterocycles. The third kappa shape index (κ3) is 1.70. The summed E-state index contributed by atoms with van der Waals surface area (Å²) in [6.45, 7) is 4.25. The SMILES string of the molecule is CCCC1=C(CC)C(=O)CC1. The Morgan fingerprint density at radius 2 is 2.00 bits per heavy atom. The molecule has 1 aliphatic rings. The smallest absolute Gasteiger partial charge is 0.159 e. The summed E-state index contributed by atoms with van der Waals surface area (Å²) in [6.07, 6.45) is 5.06. The first-order valence-corrected chi connectivity index (χ1v) is 4.53. The average molecular weight is 152 g/mol. The molecule has 11 heavy (non-hydrogen) atoms. The van der Waals surface area contributed by atoms with Gasteiger partial charge in [0.25, 0.3) is 0 Å². The molecule has 62 valence electrons. The Bertz CT molecular complexity index is 189. The maximum atomic E-state index is 11.2. The van der Waals surface area contributed by atoms with Crippen LogP contribution in [0.4, 0.5) is 0 Å². The van der Waals surface area contributed by atoms with E-state index in [1.54, 1.807) is 0 Å². The van der Waals surface area contributed by atoms with Crippen LogP contribution in [0.2, 0.25) is 0 Å². The van der Waals surface area contributed by atoms with Gasteiger partial charge in [-0.15, -0.1) is 0 Å². The van der Waals surface area contributed by atoms with E-state index in [9.17, 15) is 4.79 Å². The molecule has 1 aliphatic carbocycles. The highest BCUT2D eigenvalue weighted by atomic mass is 16.1. The molecule has 1 rings (SSSR count). The minimum atomic E-state index is 0.399. The fraction of sp³-hybridized carbons (Fsp3) is 0.700. The van der Waals surface area contributed by atoms with Gasteiger partial charge in [0.1, 0.15) is 0 Å². The van der Waals surface area contributed by atoms with E-state index < -0.39 is 0 Å². The first kappa shape index (κ1) is 8.51. The van der Waals surface area contributed by atoms with Crippen LogP contribution >= 0.6 is 0 Å². The molecule has 0 spiro atoms. The van der Waals surface area contributed by atoms with Crippen LogP contribution in [0.1, 0.15) is 46.0 Å². The van der Waals surface area contributed by atoms with Crippen LogP contribution in [0.5, 0.6) is 0 Å². The summed E-state index contributed by atoms with van der Waals surface area (Å²) in [4.78, 5) is 11.2. The van der Waals surface area contributed by atoms with Crippen molar-refractivity contribution in [3.8, 4) is 0 Å². The van der Waals surface area contributed by atoms with Gasteiger partial charge in [0.2, 0.25) is 0 Å². The zero-order valence-electron chi connectivity index (χ0n) is 7.44. The summed E-state index contributed by atoms with van der Waals surface area (Å²) in [5.41, 5.74) is 2.56. The van der Waals surface area contributed by atoms with Crippen LogP contribution in [0.15, 0.2) is 11.1 Å². The number of hydrogen-bond acceptors (Lipinski definition) is 1. The van der Waals surface area contributed by atoms with E-state index >= 15 is 0 Å². The molecule has 0 aromatic heterocycles. The molecule has 0 amide bonds. The normalized spacial score (nSPS) is 18.2. The lowest BCUT2D eigenvalue weighted by Gasteiger charge is -2.00. The Kier molecular flexibility index (Phi) is 2.86. The minimum absolute atomic E-state index is 0.399. The molecule has 0 fully saturated rings. The predicted octanol–water partition coefficient (Wildman–Crippen LogP) is 2.86. The lowest BCUT2D eigenvalue weighted by Crippen LogP contribution is -1.94. The van der Waals surface area contributed by atoms with Crippen LogP contribution < -0.4 is 0 Å². The van der Waals surface area contributed by atoms with Gasteiger partial charge in [-0.25, -0.2) is 0 Å². The van der Waals surface area contributed by atoms with Gasteiger partial charge in [0, 0.05) is 6.42 Å². The summed E-state index contributed by atoms with van der Waals surface area (Å²) in [5, 5.41) is 0. The van der Waals surface area contributed by atoms with Gasteiger partial charge in [-0.05, 0) is 24.8 Å². The Morgan fingerprint density at radius 1 is 1.27 bits per heavy atom. The lowest BCUT2D eigenvalue weighted by molar-refractivity contribution is -0.115. The number of rotatable bonds is 3. The van der Waals surface area contributed by atoms with E-state index in [1.165, 1.54) is 12.0 Å². The Hall–Kier alpha value is -0.590. The molecule has 0 aliphatic heterocycles. The molecular weight excluding hydrogens is 136 g/mol. The number of Topliss-reactive ketones (excluding diaryl/α,β-unsaturated/α-hetero) is 1. The average Bonchev–Trinajstić information content (AvgIpc) is 2.33. The molecule has 0 saturated carbocycles. The van der Waals surface area contributed by atoms with Gasteiger partial charge in [0.15, 0.2) is 5.78 Å². The fourth-order valence-corrected chi connectivity index (χ4v) is 1.79. The van der Waals surface area contributed by atoms with Crippen molar-refractivity contribution >= 4 is 5.78 Å². The number of allylic oxidation sites excluding steroid dienone is 2. The van der Waals surface area contributed by atoms with Gasteiger partial charge in [0.05, 0.1) is 0 Å². The second-order valence-corrected chi connectivity index (χ2v) is 3.11. The topological polar surface area (TPSA) is 17.1 Å². The van der Waals surface area contributed by atoms with Crippen LogP contribution in [-0.4, -0.2) is 5.78 Å². The standard InChI is InChI=1S/C10H16O/c1-3-5-8-6-7-10(11)9(8)4-2/h3-7H2,1-2H3.